The molecule has 2 N–H and O–H groups in total. The van der Waals surface area contributed by atoms with Crippen LogP contribution < -0.4 is 10.6 Å². The van der Waals surface area contributed by atoms with Crippen molar-refractivity contribution in [3.8, 4) is 0 Å². The van der Waals surface area contributed by atoms with Crippen LogP contribution >= 0.6 is 11.8 Å². The van der Waals surface area contributed by atoms with E-state index in [0.717, 1.165) is 11.4 Å². The fraction of sp³-hybridized carbons (Fsp3) is 0.562. The molecule has 3 nitrogen and oxygen atoms in total. The second-order valence-electron chi connectivity index (χ2n) is 6.12. The number of hydrogen-bond donors (Lipinski definition) is 2. The second kappa shape index (κ2) is 7.58. The Labute approximate surface area is 126 Å². The molecular weight excluding hydrogens is 268 g/mol. The maximum atomic E-state index is 11.7. The van der Waals surface area contributed by atoms with Gasteiger partial charge < -0.3 is 10.6 Å². The van der Waals surface area contributed by atoms with Crippen molar-refractivity contribution in [1.82, 2.24) is 5.32 Å². The third kappa shape index (κ3) is 6.85. The van der Waals surface area contributed by atoms with Crippen molar-refractivity contribution < 1.29 is 4.79 Å². The number of anilines is 1. The summed E-state index contributed by atoms with van der Waals surface area (Å²) in [6.45, 7) is 11.5. The van der Waals surface area contributed by atoms with E-state index in [0.29, 0.717) is 12.5 Å². The molecule has 1 aromatic rings. The van der Waals surface area contributed by atoms with Crippen LogP contribution in [0.2, 0.25) is 0 Å². The highest BCUT2D eigenvalue weighted by Crippen LogP contribution is 2.22. The van der Waals surface area contributed by atoms with Gasteiger partial charge in [-0.2, -0.15) is 11.8 Å². The van der Waals surface area contributed by atoms with Crippen LogP contribution in [0.25, 0.3) is 0 Å². The molecule has 1 rings (SSSR count). The Morgan fingerprint density at radius 3 is 2.30 bits per heavy atom. The minimum atomic E-state index is -0.142. The standard InChI is InChI=1S/C16H26N2OS/c1-12(2)13-6-8-14(9-7-13)18-15(19)17-10-11-20-16(3,4)5/h6-9,12H,10-11H2,1-5H3,(H2,17,18,19). The van der Waals surface area contributed by atoms with E-state index in [2.05, 4.69) is 57.4 Å². The van der Waals surface area contributed by atoms with Gasteiger partial charge in [-0.3, -0.25) is 0 Å². The number of benzene rings is 1. The van der Waals surface area contributed by atoms with Crippen LogP contribution in [0.4, 0.5) is 10.5 Å². The Morgan fingerprint density at radius 1 is 1.20 bits per heavy atom. The number of carbonyl (C=O) groups is 1. The van der Waals surface area contributed by atoms with Gasteiger partial charge in [0.25, 0.3) is 0 Å². The molecule has 0 aliphatic rings. The first kappa shape index (κ1) is 16.9. The Bertz CT molecular complexity index is 421. The molecule has 2 amide bonds. The number of amides is 2. The molecule has 0 atom stereocenters. The summed E-state index contributed by atoms with van der Waals surface area (Å²) in [6, 6.07) is 7.85. The summed E-state index contributed by atoms with van der Waals surface area (Å²) in [4.78, 5) is 11.7. The smallest absolute Gasteiger partial charge is 0.319 e. The van der Waals surface area contributed by atoms with Crippen molar-refractivity contribution in [1.29, 1.82) is 0 Å². The highest BCUT2D eigenvalue weighted by atomic mass is 32.2. The lowest BCUT2D eigenvalue weighted by Crippen LogP contribution is -2.31. The first-order valence-electron chi connectivity index (χ1n) is 7.07. The summed E-state index contributed by atoms with van der Waals surface area (Å²) in [6.07, 6.45) is 0. The van der Waals surface area contributed by atoms with E-state index in [-0.39, 0.29) is 10.8 Å². The zero-order valence-corrected chi connectivity index (χ0v) is 13.9. The lowest BCUT2D eigenvalue weighted by molar-refractivity contribution is 0.252. The molecule has 112 valence electrons. The number of nitrogens with one attached hydrogen (secondary N) is 2. The number of thioether (sulfide) groups is 1. The topological polar surface area (TPSA) is 41.1 Å². The van der Waals surface area contributed by atoms with Gasteiger partial charge in [0.1, 0.15) is 0 Å². The molecule has 0 saturated heterocycles. The predicted octanol–water partition coefficient (Wildman–Crippen LogP) is 4.46. The molecule has 0 bridgehead atoms. The zero-order chi connectivity index (χ0) is 15.2. The van der Waals surface area contributed by atoms with Gasteiger partial charge in [-0.05, 0) is 23.6 Å². The number of rotatable bonds is 5. The van der Waals surface area contributed by atoms with E-state index in [9.17, 15) is 4.79 Å². The molecule has 0 fully saturated rings. The second-order valence-corrected chi connectivity index (χ2v) is 8.04. The maximum absolute atomic E-state index is 11.7. The average Bonchev–Trinajstić information content (AvgIpc) is 2.34. The summed E-state index contributed by atoms with van der Waals surface area (Å²) in [5.41, 5.74) is 2.10. The van der Waals surface area contributed by atoms with Gasteiger partial charge in [-0.15, -0.1) is 0 Å². The first-order chi connectivity index (χ1) is 9.28. The third-order valence-corrected chi connectivity index (χ3v) is 4.03. The van der Waals surface area contributed by atoms with Crippen molar-refractivity contribution in [2.24, 2.45) is 0 Å². The SMILES string of the molecule is CC(C)c1ccc(NC(=O)NCCSC(C)(C)C)cc1. The number of carbonyl (C=O) groups excluding carboxylic acids is 1. The summed E-state index contributed by atoms with van der Waals surface area (Å²) >= 11 is 1.84. The molecule has 0 aromatic heterocycles. The predicted molar refractivity (Wildman–Crippen MR) is 89.8 cm³/mol. The molecule has 0 heterocycles. The fourth-order valence-electron chi connectivity index (χ4n) is 1.65. The quantitative estimate of drug-likeness (QED) is 0.787. The lowest BCUT2D eigenvalue weighted by Gasteiger charge is -2.17. The zero-order valence-electron chi connectivity index (χ0n) is 13.1. The minimum absolute atomic E-state index is 0.142. The Kier molecular flexibility index (Phi) is 6.40. The average molecular weight is 294 g/mol. The molecule has 0 saturated carbocycles. The van der Waals surface area contributed by atoms with Crippen molar-refractivity contribution in [2.75, 3.05) is 17.6 Å². The van der Waals surface area contributed by atoms with Crippen LogP contribution in [0.5, 0.6) is 0 Å². The highest BCUT2D eigenvalue weighted by Gasteiger charge is 2.10. The van der Waals surface area contributed by atoms with Gasteiger partial charge in [0.05, 0.1) is 0 Å². The summed E-state index contributed by atoms with van der Waals surface area (Å²) in [5.74, 6) is 1.43. The van der Waals surface area contributed by atoms with Gasteiger partial charge >= 0.3 is 6.03 Å². The van der Waals surface area contributed by atoms with Gasteiger partial charge in [-0.1, -0.05) is 46.8 Å². The van der Waals surface area contributed by atoms with E-state index in [1.54, 1.807) is 0 Å². The maximum Gasteiger partial charge on any atom is 0.319 e. The Hall–Kier alpha value is -1.16. The normalized spacial score (nSPS) is 11.5. The van der Waals surface area contributed by atoms with E-state index in [1.165, 1.54) is 5.56 Å². The largest absolute Gasteiger partial charge is 0.337 e. The molecule has 0 radical (unpaired) electrons. The molecule has 20 heavy (non-hydrogen) atoms. The highest BCUT2D eigenvalue weighted by molar-refractivity contribution is 8.00. The van der Waals surface area contributed by atoms with Crippen molar-refractivity contribution in [2.45, 2.75) is 45.3 Å². The molecule has 0 aliphatic heterocycles. The molecular formula is C16H26N2OS. The lowest BCUT2D eigenvalue weighted by atomic mass is 10.0. The van der Waals surface area contributed by atoms with Crippen LogP contribution in [-0.2, 0) is 0 Å². The summed E-state index contributed by atoms with van der Waals surface area (Å²) in [5, 5.41) is 5.72. The Morgan fingerprint density at radius 2 is 1.80 bits per heavy atom. The van der Waals surface area contributed by atoms with Crippen LogP contribution in [0, 0.1) is 0 Å². The summed E-state index contributed by atoms with van der Waals surface area (Å²) < 4.78 is 0.241. The molecule has 1 aromatic carbocycles. The van der Waals surface area contributed by atoms with E-state index >= 15 is 0 Å². The Balaban J connectivity index is 2.32. The van der Waals surface area contributed by atoms with E-state index in [4.69, 9.17) is 0 Å². The van der Waals surface area contributed by atoms with E-state index < -0.39 is 0 Å². The monoisotopic (exact) mass is 294 g/mol. The summed E-state index contributed by atoms with van der Waals surface area (Å²) in [7, 11) is 0. The third-order valence-electron chi connectivity index (χ3n) is 2.76. The number of hydrogen-bond acceptors (Lipinski definition) is 2. The van der Waals surface area contributed by atoms with Crippen LogP contribution in [0.3, 0.4) is 0 Å². The molecule has 0 unspecified atom stereocenters. The van der Waals surface area contributed by atoms with Gasteiger partial charge in [0, 0.05) is 22.7 Å². The van der Waals surface area contributed by atoms with Crippen LogP contribution in [0.1, 0.15) is 46.1 Å². The molecule has 0 aliphatic carbocycles. The van der Waals surface area contributed by atoms with Crippen molar-refractivity contribution >= 4 is 23.5 Å². The van der Waals surface area contributed by atoms with Gasteiger partial charge in [0.15, 0.2) is 0 Å². The first-order valence-corrected chi connectivity index (χ1v) is 8.05. The van der Waals surface area contributed by atoms with Gasteiger partial charge in [-0.25, -0.2) is 4.79 Å². The van der Waals surface area contributed by atoms with Crippen LogP contribution in [0.15, 0.2) is 24.3 Å². The minimum Gasteiger partial charge on any atom is -0.337 e. The van der Waals surface area contributed by atoms with Gasteiger partial charge in [0.2, 0.25) is 0 Å². The fourth-order valence-corrected chi connectivity index (χ4v) is 2.46. The molecule has 4 heteroatoms. The van der Waals surface area contributed by atoms with E-state index in [1.807, 2.05) is 23.9 Å². The van der Waals surface area contributed by atoms with Crippen LogP contribution in [-0.4, -0.2) is 23.1 Å². The number of urea groups is 1. The molecule has 0 spiro atoms. The van der Waals surface area contributed by atoms with Crippen molar-refractivity contribution in [3.63, 3.8) is 0 Å². The van der Waals surface area contributed by atoms with Crippen molar-refractivity contribution in [3.05, 3.63) is 29.8 Å².